The smallest absolute Gasteiger partial charge is 0.417 e. The predicted octanol–water partition coefficient (Wildman–Crippen LogP) is 6.28. The lowest BCUT2D eigenvalue weighted by Crippen LogP contribution is -2.13. The first-order valence-corrected chi connectivity index (χ1v) is 8.14. The van der Waals surface area contributed by atoms with Crippen LogP contribution in [0.3, 0.4) is 0 Å². The van der Waals surface area contributed by atoms with Gasteiger partial charge in [0.05, 0.1) is 10.6 Å². The molecule has 0 fully saturated rings. The van der Waals surface area contributed by atoms with Crippen LogP contribution in [-0.2, 0) is 6.18 Å². The molecule has 3 nitrogen and oxygen atoms in total. The molecule has 3 rings (SSSR count). The topological polar surface area (TPSA) is 42.2 Å². The molecule has 1 aromatic heterocycles. The van der Waals surface area contributed by atoms with Crippen molar-refractivity contribution in [1.29, 1.82) is 0 Å². The highest BCUT2D eigenvalue weighted by atomic mass is 35.5. The summed E-state index contributed by atoms with van der Waals surface area (Å²) < 4.78 is 44.5. The lowest BCUT2D eigenvalue weighted by atomic mass is 10.0. The van der Waals surface area contributed by atoms with Crippen molar-refractivity contribution in [3.05, 3.63) is 63.4 Å². The minimum Gasteiger partial charge on any atom is -0.451 e. The standard InChI is InChI=1S/C19H15ClF3NO2/c1-9-6-13-11(3)17(26-16(13)7-10(9)2)18(25)24-12-4-5-15(20)14(8-12)19(21,22)23/h4-8H,1-3H3,(H,24,25). The van der Waals surface area contributed by atoms with E-state index in [2.05, 4.69) is 5.32 Å². The van der Waals surface area contributed by atoms with Gasteiger partial charge in [0.2, 0.25) is 0 Å². The molecule has 1 amide bonds. The summed E-state index contributed by atoms with van der Waals surface area (Å²) in [4.78, 5) is 12.5. The Kier molecular flexibility index (Phi) is 4.48. The van der Waals surface area contributed by atoms with Gasteiger partial charge in [-0.15, -0.1) is 0 Å². The number of amides is 1. The highest BCUT2D eigenvalue weighted by molar-refractivity contribution is 6.31. The quantitative estimate of drug-likeness (QED) is 0.567. The number of carbonyl (C=O) groups excluding carboxylic acids is 1. The Hall–Kier alpha value is -2.47. The van der Waals surface area contributed by atoms with Crippen molar-refractivity contribution in [2.75, 3.05) is 5.32 Å². The minimum absolute atomic E-state index is 0.0149. The number of nitrogens with one attached hydrogen (secondary N) is 1. The summed E-state index contributed by atoms with van der Waals surface area (Å²) >= 11 is 5.59. The Morgan fingerprint density at radius 1 is 1.08 bits per heavy atom. The fourth-order valence-electron chi connectivity index (χ4n) is 2.70. The van der Waals surface area contributed by atoms with E-state index in [1.807, 2.05) is 26.0 Å². The maximum absolute atomic E-state index is 13.0. The lowest BCUT2D eigenvalue weighted by molar-refractivity contribution is -0.137. The highest BCUT2D eigenvalue weighted by Crippen LogP contribution is 2.36. The second kappa shape index (κ2) is 6.36. The van der Waals surface area contributed by atoms with Gasteiger partial charge in [-0.25, -0.2) is 0 Å². The van der Waals surface area contributed by atoms with Gasteiger partial charge in [0, 0.05) is 16.6 Å². The predicted molar refractivity (Wildman–Crippen MR) is 94.8 cm³/mol. The third kappa shape index (κ3) is 3.29. The summed E-state index contributed by atoms with van der Waals surface area (Å²) in [5.41, 5.74) is 2.24. The molecule has 0 saturated carbocycles. The zero-order chi connectivity index (χ0) is 19.2. The molecule has 3 aromatic rings. The number of hydrogen-bond donors (Lipinski definition) is 1. The fraction of sp³-hybridized carbons (Fsp3) is 0.211. The van der Waals surface area contributed by atoms with Gasteiger partial charge < -0.3 is 9.73 Å². The van der Waals surface area contributed by atoms with Gasteiger partial charge in [-0.1, -0.05) is 11.6 Å². The molecule has 136 valence electrons. The molecule has 0 spiro atoms. The van der Waals surface area contributed by atoms with E-state index in [1.54, 1.807) is 6.92 Å². The van der Waals surface area contributed by atoms with Crippen molar-refractivity contribution in [2.24, 2.45) is 0 Å². The first-order chi connectivity index (χ1) is 12.1. The molecule has 0 saturated heterocycles. The van der Waals surface area contributed by atoms with Crippen LogP contribution in [0.1, 0.15) is 32.8 Å². The van der Waals surface area contributed by atoms with Gasteiger partial charge in [-0.3, -0.25) is 4.79 Å². The maximum Gasteiger partial charge on any atom is 0.417 e. The van der Waals surface area contributed by atoms with Crippen LogP contribution in [0.15, 0.2) is 34.7 Å². The van der Waals surface area contributed by atoms with Gasteiger partial charge in [0.25, 0.3) is 5.91 Å². The number of benzene rings is 2. The summed E-state index contributed by atoms with van der Waals surface area (Å²) in [5, 5.41) is 2.80. The van der Waals surface area contributed by atoms with Crippen LogP contribution >= 0.6 is 11.6 Å². The van der Waals surface area contributed by atoms with Crippen LogP contribution in [0, 0.1) is 20.8 Å². The van der Waals surface area contributed by atoms with E-state index in [0.717, 1.165) is 28.6 Å². The molecule has 26 heavy (non-hydrogen) atoms. The van der Waals surface area contributed by atoms with Gasteiger partial charge in [-0.2, -0.15) is 13.2 Å². The van der Waals surface area contributed by atoms with Crippen LogP contribution in [0.5, 0.6) is 0 Å². The fourth-order valence-corrected chi connectivity index (χ4v) is 2.93. The first kappa shape index (κ1) is 18.3. The molecule has 0 atom stereocenters. The zero-order valence-corrected chi connectivity index (χ0v) is 15.0. The second-order valence-corrected chi connectivity index (χ2v) is 6.54. The molecule has 0 unspecified atom stereocenters. The SMILES string of the molecule is Cc1cc2oc(C(=O)Nc3ccc(Cl)c(C(F)(F)F)c3)c(C)c2cc1C. The molecular formula is C19H15ClF3NO2. The van der Waals surface area contributed by atoms with Crippen LogP contribution in [0.25, 0.3) is 11.0 Å². The van der Waals surface area contributed by atoms with E-state index in [4.69, 9.17) is 16.0 Å². The number of fused-ring (bicyclic) bond motifs is 1. The van der Waals surface area contributed by atoms with Crippen molar-refractivity contribution in [3.8, 4) is 0 Å². The molecule has 0 aliphatic rings. The molecular weight excluding hydrogens is 367 g/mol. The van der Waals surface area contributed by atoms with Crippen LogP contribution in [-0.4, -0.2) is 5.91 Å². The molecule has 0 aliphatic carbocycles. The Morgan fingerprint density at radius 3 is 2.38 bits per heavy atom. The number of anilines is 1. The number of alkyl halides is 3. The number of furan rings is 1. The normalized spacial score (nSPS) is 11.8. The van der Waals surface area contributed by atoms with Crippen molar-refractivity contribution in [1.82, 2.24) is 0 Å². The van der Waals surface area contributed by atoms with E-state index in [9.17, 15) is 18.0 Å². The molecule has 2 aromatic carbocycles. The summed E-state index contributed by atoms with van der Waals surface area (Å²) in [5.74, 6) is -0.557. The Morgan fingerprint density at radius 2 is 1.73 bits per heavy atom. The van der Waals surface area contributed by atoms with Crippen LogP contribution in [0.4, 0.5) is 18.9 Å². The maximum atomic E-state index is 13.0. The van der Waals surface area contributed by atoms with Gasteiger partial charge >= 0.3 is 6.18 Å². The van der Waals surface area contributed by atoms with Crippen molar-refractivity contribution in [2.45, 2.75) is 26.9 Å². The van der Waals surface area contributed by atoms with Gasteiger partial charge in [0.15, 0.2) is 5.76 Å². The van der Waals surface area contributed by atoms with E-state index in [0.29, 0.717) is 11.1 Å². The molecule has 7 heteroatoms. The molecule has 0 bridgehead atoms. The summed E-state index contributed by atoms with van der Waals surface area (Å²) in [7, 11) is 0. The summed E-state index contributed by atoms with van der Waals surface area (Å²) in [6, 6.07) is 6.95. The Bertz CT molecular complexity index is 1020. The number of carbonyl (C=O) groups is 1. The summed E-state index contributed by atoms with van der Waals surface area (Å²) in [6.45, 7) is 5.62. The van der Waals surface area contributed by atoms with E-state index in [1.165, 1.54) is 6.07 Å². The highest BCUT2D eigenvalue weighted by Gasteiger charge is 2.33. The Labute approximate surface area is 152 Å². The molecule has 0 aliphatic heterocycles. The van der Waals surface area contributed by atoms with Crippen molar-refractivity contribution < 1.29 is 22.4 Å². The monoisotopic (exact) mass is 381 g/mol. The average molecular weight is 382 g/mol. The number of aryl methyl sites for hydroxylation is 3. The lowest BCUT2D eigenvalue weighted by Gasteiger charge is -2.11. The third-order valence-corrected chi connectivity index (χ3v) is 4.62. The van der Waals surface area contributed by atoms with Crippen LogP contribution in [0.2, 0.25) is 5.02 Å². The summed E-state index contributed by atoms with van der Waals surface area (Å²) in [6.07, 6.45) is -4.61. The Balaban J connectivity index is 1.96. The van der Waals surface area contributed by atoms with Gasteiger partial charge in [-0.05, 0) is 62.2 Å². The first-order valence-electron chi connectivity index (χ1n) is 7.76. The van der Waals surface area contributed by atoms with E-state index < -0.39 is 22.7 Å². The number of halogens is 4. The number of hydrogen-bond acceptors (Lipinski definition) is 2. The van der Waals surface area contributed by atoms with Gasteiger partial charge in [0.1, 0.15) is 5.58 Å². The minimum atomic E-state index is -4.61. The molecule has 1 heterocycles. The van der Waals surface area contributed by atoms with Crippen LogP contribution < -0.4 is 5.32 Å². The zero-order valence-electron chi connectivity index (χ0n) is 14.2. The largest absolute Gasteiger partial charge is 0.451 e. The van der Waals surface area contributed by atoms with Crippen molar-refractivity contribution >= 4 is 34.2 Å². The molecule has 1 N–H and O–H groups in total. The van der Waals surface area contributed by atoms with E-state index in [-0.39, 0.29) is 11.4 Å². The van der Waals surface area contributed by atoms with E-state index >= 15 is 0 Å². The van der Waals surface area contributed by atoms with Crippen molar-refractivity contribution in [3.63, 3.8) is 0 Å². The average Bonchev–Trinajstić information content (AvgIpc) is 2.85. The molecule has 0 radical (unpaired) electrons. The third-order valence-electron chi connectivity index (χ3n) is 4.29. The second-order valence-electron chi connectivity index (χ2n) is 6.14. The number of rotatable bonds is 2.